The lowest BCUT2D eigenvalue weighted by Gasteiger charge is -2.39. The molecule has 0 radical (unpaired) electrons. The van der Waals surface area contributed by atoms with E-state index in [9.17, 15) is 4.79 Å². The second kappa shape index (κ2) is 7.46. The molecule has 0 saturated heterocycles. The van der Waals surface area contributed by atoms with Crippen molar-refractivity contribution in [2.75, 3.05) is 13.1 Å². The van der Waals surface area contributed by atoms with Gasteiger partial charge in [-0.25, -0.2) is 14.8 Å². The normalized spacial score (nSPS) is 18.1. The molecule has 30 heavy (non-hydrogen) atoms. The Hall–Kier alpha value is -3.38. The summed E-state index contributed by atoms with van der Waals surface area (Å²) in [5.41, 5.74) is 3.41. The minimum atomic E-state index is -0.129. The highest BCUT2D eigenvalue weighted by atomic mass is 16.2. The highest BCUT2D eigenvalue weighted by molar-refractivity contribution is 5.88. The standard InChI is InChI=1S/C24H25N5O/c1-3-26(4-2)23-20(19-13-9-6-10-14-19)21-22-25-15-16-27(22)24(30)29(23)28(21)17-18-11-7-5-8-12-18/h5-16,21H,3-4,17H2,1-2H3. The van der Waals surface area contributed by atoms with Crippen molar-refractivity contribution < 1.29 is 4.79 Å². The van der Waals surface area contributed by atoms with Gasteiger partial charge in [0.2, 0.25) is 0 Å². The predicted molar refractivity (Wildman–Crippen MR) is 116 cm³/mol. The van der Waals surface area contributed by atoms with Crippen LogP contribution in [0.1, 0.15) is 36.8 Å². The number of rotatable bonds is 6. The summed E-state index contributed by atoms with van der Waals surface area (Å²) in [5, 5.41) is 4.03. The quantitative estimate of drug-likeness (QED) is 0.618. The molecule has 3 heterocycles. The number of nitrogens with zero attached hydrogens (tertiary/aromatic N) is 5. The molecule has 1 atom stereocenters. The molecular formula is C24H25N5O. The maximum absolute atomic E-state index is 13.6. The molecule has 1 unspecified atom stereocenters. The summed E-state index contributed by atoms with van der Waals surface area (Å²) in [6.45, 7) is 6.53. The Balaban J connectivity index is 1.73. The zero-order valence-electron chi connectivity index (χ0n) is 17.3. The highest BCUT2D eigenvalue weighted by Gasteiger charge is 2.51. The molecular weight excluding hydrogens is 374 g/mol. The Morgan fingerprint density at radius 3 is 2.30 bits per heavy atom. The molecule has 0 spiro atoms. The van der Waals surface area contributed by atoms with E-state index in [0.717, 1.165) is 41.4 Å². The topological polar surface area (TPSA) is 44.6 Å². The highest BCUT2D eigenvalue weighted by Crippen LogP contribution is 2.49. The first-order valence-corrected chi connectivity index (χ1v) is 10.5. The maximum atomic E-state index is 13.6. The van der Waals surface area contributed by atoms with Crippen LogP contribution in [-0.2, 0) is 6.54 Å². The number of carbonyl (C=O) groups excluding carboxylic acids is 1. The van der Waals surface area contributed by atoms with Gasteiger partial charge in [0.15, 0.2) is 0 Å². The second-order valence-electron chi connectivity index (χ2n) is 7.51. The molecule has 6 nitrogen and oxygen atoms in total. The van der Waals surface area contributed by atoms with E-state index in [-0.39, 0.29) is 12.1 Å². The lowest BCUT2D eigenvalue weighted by Crippen LogP contribution is -2.51. The van der Waals surface area contributed by atoms with E-state index in [2.05, 4.69) is 65.1 Å². The molecule has 0 N–H and O–H groups in total. The van der Waals surface area contributed by atoms with Crippen LogP contribution >= 0.6 is 0 Å². The van der Waals surface area contributed by atoms with Gasteiger partial charge in [-0.15, -0.1) is 0 Å². The number of hydrogen-bond acceptors (Lipinski definition) is 4. The third-order valence-electron chi connectivity index (χ3n) is 5.91. The fourth-order valence-electron chi connectivity index (χ4n) is 4.53. The Morgan fingerprint density at radius 1 is 0.967 bits per heavy atom. The van der Waals surface area contributed by atoms with Crippen molar-refractivity contribution in [1.82, 2.24) is 24.5 Å². The van der Waals surface area contributed by atoms with Gasteiger partial charge in [0.1, 0.15) is 17.7 Å². The third kappa shape index (κ3) is 2.75. The van der Waals surface area contributed by atoms with Crippen LogP contribution in [0.5, 0.6) is 0 Å². The van der Waals surface area contributed by atoms with E-state index in [1.54, 1.807) is 17.0 Å². The second-order valence-corrected chi connectivity index (χ2v) is 7.51. The van der Waals surface area contributed by atoms with Crippen LogP contribution in [0.25, 0.3) is 5.57 Å². The zero-order chi connectivity index (χ0) is 20.7. The molecule has 2 aliphatic heterocycles. The van der Waals surface area contributed by atoms with Crippen molar-refractivity contribution in [3.05, 3.63) is 95.8 Å². The Morgan fingerprint density at radius 2 is 1.63 bits per heavy atom. The van der Waals surface area contributed by atoms with Crippen LogP contribution in [0.15, 0.2) is 78.9 Å². The van der Waals surface area contributed by atoms with Gasteiger partial charge in [0.05, 0.1) is 0 Å². The maximum Gasteiger partial charge on any atom is 0.350 e. The number of amides is 1. The average molecular weight is 399 g/mol. The lowest BCUT2D eigenvalue weighted by molar-refractivity contribution is -0.00292. The van der Waals surface area contributed by atoms with Crippen molar-refractivity contribution in [2.45, 2.75) is 26.4 Å². The van der Waals surface area contributed by atoms with Gasteiger partial charge in [-0.2, -0.15) is 5.01 Å². The number of fused-ring (bicyclic) bond motifs is 4. The molecule has 0 fully saturated rings. The van der Waals surface area contributed by atoms with Gasteiger partial charge in [-0.3, -0.25) is 4.57 Å². The molecule has 2 bridgehead atoms. The van der Waals surface area contributed by atoms with Crippen molar-refractivity contribution in [1.29, 1.82) is 0 Å². The van der Waals surface area contributed by atoms with Crippen molar-refractivity contribution in [3.63, 3.8) is 0 Å². The number of hydrazine groups is 1. The SMILES string of the molecule is CCN(CC)C1=C(c2ccccc2)C2c3nccn3C(=O)N1N2Cc1ccccc1. The molecule has 1 amide bonds. The Labute approximate surface area is 176 Å². The summed E-state index contributed by atoms with van der Waals surface area (Å²) < 4.78 is 1.69. The lowest BCUT2D eigenvalue weighted by atomic mass is 9.97. The first-order valence-electron chi connectivity index (χ1n) is 10.5. The van der Waals surface area contributed by atoms with Crippen LogP contribution in [-0.4, -0.2) is 43.6 Å². The molecule has 1 aromatic heterocycles. The largest absolute Gasteiger partial charge is 0.357 e. The molecule has 6 heteroatoms. The van der Waals surface area contributed by atoms with Crippen molar-refractivity contribution >= 4 is 11.6 Å². The van der Waals surface area contributed by atoms with E-state index in [0.29, 0.717) is 6.54 Å². The van der Waals surface area contributed by atoms with E-state index in [1.807, 2.05) is 29.3 Å². The van der Waals surface area contributed by atoms with E-state index in [4.69, 9.17) is 0 Å². The zero-order valence-corrected chi connectivity index (χ0v) is 17.3. The van der Waals surface area contributed by atoms with Crippen LogP contribution < -0.4 is 0 Å². The number of benzene rings is 2. The summed E-state index contributed by atoms with van der Waals surface area (Å²) in [7, 11) is 0. The minimum Gasteiger partial charge on any atom is -0.357 e. The summed E-state index contributed by atoms with van der Waals surface area (Å²) in [6.07, 6.45) is 3.49. The molecule has 0 saturated carbocycles. The number of carbonyl (C=O) groups is 1. The van der Waals surface area contributed by atoms with Crippen LogP contribution in [0.2, 0.25) is 0 Å². The van der Waals surface area contributed by atoms with Crippen molar-refractivity contribution in [2.24, 2.45) is 0 Å². The number of aromatic nitrogens is 2. The molecule has 3 aromatic rings. The molecule has 2 aromatic carbocycles. The Kier molecular flexibility index (Phi) is 4.64. The summed E-state index contributed by atoms with van der Waals surface area (Å²) in [6, 6.07) is 20.5. The van der Waals surface area contributed by atoms with Crippen LogP contribution in [0, 0.1) is 0 Å². The first-order chi connectivity index (χ1) is 14.7. The van der Waals surface area contributed by atoms with E-state index < -0.39 is 0 Å². The van der Waals surface area contributed by atoms with Gasteiger partial charge in [-0.1, -0.05) is 60.7 Å². The predicted octanol–water partition coefficient (Wildman–Crippen LogP) is 4.35. The fourth-order valence-corrected chi connectivity index (χ4v) is 4.53. The molecule has 2 aliphatic rings. The van der Waals surface area contributed by atoms with E-state index in [1.165, 1.54) is 0 Å². The van der Waals surface area contributed by atoms with Crippen LogP contribution in [0.3, 0.4) is 0 Å². The van der Waals surface area contributed by atoms with Gasteiger partial charge < -0.3 is 4.90 Å². The third-order valence-corrected chi connectivity index (χ3v) is 5.91. The van der Waals surface area contributed by atoms with Gasteiger partial charge in [0.25, 0.3) is 0 Å². The first kappa shape index (κ1) is 18.6. The summed E-state index contributed by atoms with van der Waals surface area (Å²) >= 11 is 0. The van der Waals surface area contributed by atoms with E-state index >= 15 is 0 Å². The monoisotopic (exact) mass is 399 g/mol. The number of hydrogen-bond donors (Lipinski definition) is 0. The molecule has 5 rings (SSSR count). The Bertz CT molecular complexity index is 1090. The fraction of sp³-hybridized carbons (Fsp3) is 0.250. The van der Waals surface area contributed by atoms with Crippen molar-refractivity contribution in [3.8, 4) is 0 Å². The number of imidazole rings is 1. The summed E-state index contributed by atoms with van der Waals surface area (Å²) in [4.78, 5) is 20.5. The van der Waals surface area contributed by atoms with Crippen LogP contribution in [0.4, 0.5) is 4.79 Å². The average Bonchev–Trinajstić information content (AvgIpc) is 3.37. The summed E-state index contributed by atoms with van der Waals surface area (Å²) in [5.74, 6) is 1.73. The van der Waals surface area contributed by atoms with Gasteiger partial charge in [-0.05, 0) is 25.0 Å². The molecule has 152 valence electrons. The van der Waals surface area contributed by atoms with Gasteiger partial charge >= 0.3 is 6.03 Å². The van der Waals surface area contributed by atoms with Gasteiger partial charge in [0, 0.05) is 37.6 Å². The molecule has 0 aliphatic carbocycles. The smallest absolute Gasteiger partial charge is 0.350 e. The minimum absolute atomic E-state index is 0.0810.